The maximum absolute atomic E-state index is 14.5. The van der Waals surface area contributed by atoms with E-state index in [1.807, 2.05) is 48.5 Å². The zero-order valence-corrected chi connectivity index (χ0v) is 28.1. The lowest BCUT2D eigenvalue weighted by Crippen LogP contribution is -2.52. The van der Waals surface area contributed by atoms with Crippen LogP contribution >= 0.6 is 7.05 Å². The van der Waals surface area contributed by atoms with Gasteiger partial charge in [0.05, 0.1) is 11.9 Å². The molecule has 4 atom stereocenters. The maximum atomic E-state index is 14.5. The summed E-state index contributed by atoms with van der Waals surface area (Å²) >= 11 is 0. The molecule has 40 heavy (non-hydrogen) atoms. The van der Waals surface area contributed by atoms with Crippen molar-refractivity contribution in [3.8, 4) is 0 Å². The van der Waals surface area contributed by atoms with Gasteiger partial charge in [-0.15, -0.1) is 0 Å². The molecular formula is C33H46NO3PSSi. The minimum Gasteiger partial charge on any atom is -0.413 e. The largest absolute Gasteiger partial charge is 0.413 e. The molecule has 5 rings (SSSR count). The highest BCUT2D eigenvalue weighted by Crippen LogP contribution is 2.68. The standard InChI is InChI=1S/C33H46NO3PSSi/c1-31(2,3)40(7,8)37-30-23-26-21-22-33(30,32(26,4)5)24-39(35,36)34-38(6,27-17-10-9-11-18-27)29-20-14-16-25-15-12-13-19-28(25)29/h9-20,26,30H,21-24H2,1-8H3/t26-,30-,33-,38?/m1/s1. The predicted octanol–water partition coefficient (Wildman–Crippen LogP) is 8.17. The van der Waals surface area contributed by atoms with Crippen molar-refractivity contribution in [1.82, 2.24) is 0 Å². The first-order valence-corrected chi connectivity index (χ1v) is 21.3. The normalized spacial score (nSPS) is 26.1. The van der Waals surface area contributed by atoms with Crippen molar-refractivity contribution in [3.05, 3.63) is 72.8 Å². The summed E-state index contributed by atoms with van der Waals surface area (Å²) in [5.74, 6) is 0.529. The number of rotatable bonds is 7. The van der Waals surface area contributed by atoms with Crippen LogP contribution in [0.2, 0.25) is 18.1 Å². The van der Waals surface area contributed by atoms with Crippen molar-refractivity contribution in [2.45, 2.75) is 78.1 Å². The van der Waals surface area contributed by atoms with E-state index in [9.17, 15) is 8.42 Å². The third-order valence-electron chi connectivity index (χ3n) is 10.8. The topological polar surface area (TPSA) is 55.7 Å². The van der Waals surface area contributed by atoms with Crippen LogP contribution in [-0.2, 0) is 14.4 Å². The Morgan fingerprint density at radius 1 is 0.975 bits per heavy atom. The van der Waals surface area contributed by atoms with E-state index < -0.39 is 30.8 Å². The van der Waals surface area contributed by atoms with E-state index in [0.717, 1.165) is 40.6 Å². The summed E-state index contributed by atoms with van der Waals surface area (Å²) in [5, 5.41) is 4.24. The number of sulfonamides is 1. The highest BCUT2D eigenvalue weighted by atomic mass is 32.2. The Morgan fingerprint density at radius 3 is 2.25 bits per heavy atom. The van der Waals surface area contributed by atoms with Gasteiger partial charge in [-0.25, -0.2) is 8.42 Å². The quantitative estimate of drug-likeness (QED) is 0.205. The molecule has 2 aliphatic rings. The fourth-order valence-electron chi connectivity index (χ4n) is 7.18. The van der Waals surface area contributed by atoms with Crippen molar-refractivity contribution in [3.63, 3.8) is 0 Å². The molecule has 4 nitrogen and oxygen atoms in total. The van der Waals surface area contributed by atoms with Gasteiger partial charge in [0, 0.05) is 17.8 Å². The van der Waals surface area contributed by atoms with E-state index in [-0.39, 0.29) is 22.3 Å². The lowest BCUT2D eigenvalue weighted by atomic mass is 9.70. The second kappa shape index (κ2) is 9.93. The zero-order chi connectivity index (χ0) is 29.2. The van der Waals surface area contributed by atoms with Crippen LogP contribution < -0.4 is 10.6 Å². The molecule has 0 aliphatic heterocycles. The van der Waals surface area contributed by atoms with Gasteiger partial charge in [0.25, 0.3) is 10.0 Å². The van der Waals surface area contributed by atoms with Gasteiger partial charge in [-0.2, -0.15) is 4.15 Å². The Hall–Kier alpha value is -1.72. The molecule has 0 spiro atoms. The van der Waals surface area contributed by atoms with Gasteiger partial charge >= 0.3 is 0 Å². The van der Waals surface area contributed by atoms with Crippen molar-refractivity contribution in [1.29, 1.82) is 0 Å². The average molecular weight is 596 g/mol. The summed E-state index contributed by atoms with van der Waals surface area (Å²) < 4.78 is 41.0. The van der Waals surface area contributed by atoms with Crippen LogP contribution in [0, 0.1) is 16.7 Å². The van der Waals surface area contributed by atoms with Gasteiger partial charge in [0.15, 0.2) is 8.32 Å². The monoisotopic (exact) mass is 595 g/mol. The molecule has 2 bridgehead atoms. The van der Waals surface area contributed by atoms with Gasteiger partial charge in [-0.3, -0.25) is 0 Å². The second-order valence-corrected chi connectivity index (χ2v) is 24.1. The van der Waals surface area contributed by atoms with Crippen LogP contribution in [0.15, 0.2) is 76.9 Å². The molecule has 0 saturated heterocycles. The first-order valence-electron chi connectivity index (χ1n) is 14.6. The van der Waals surface area contributed by atoms with Crippen LogP contribution in [0.5, 0.6) is 0 Å². The van der Waals surface area contributed by atoms with Crippen LogP contribution in [0.1, 0.15) is 53.9 Å². The Balaban J connectivity index is 1.65. The first kappa shape index (κ1) is 29.8. The smallest absolute Gasteiger partial charge is 0.253 e. The number of hydrogen-bond donors (Lipinski definition) is 0. The third kappa shape index (κ3) is 4.87. The summed E-state index contributed by atoms with van der Waals surface area (Å²) in [5.41, 5.74) is -0.556. The van der Waals surface area contributed by atoms with Crippen LogP contribution in [-0.4, -0.2) is 35.3 Å². The molecule has 7 heteroatoms. The average Bonchev–Trinajstić information content (AvgIpc) is 3.22. The molecule has 0 amide bonds. The molecule has 0 heterocycles. The van der Waals surface area contributed by atoms with E-state index >= 15 is 0 Å². The number of fused-ring (bicyclic) bond motifs is 3. The van der Waals surface area contributed by atoms with E-state index in [1.165, 1.54) is 0 Å². The maximum Gasteiger partial charge on any atom is 0.253 e. The molecular weight excluding hydrogens is 549 g/mol. The Bertz CT molecular complexity index is 1570. The molecule has 216 valence electrons. The summed E-state index contributed by atoms with van der Waals surface area (Å²) in [6.07, 6.45) is 2.84. The summed E-state index contributed by atoms with van der Waals surface area (Å²) in [7, 11) is -8.56. The summed E-state index contributed by atoms with van der Waals surface area (Å²) in [4.78, 5) is 0. The number of benzene rings is 3. The van der Waals surface area contributed by atoms with Gasteiger partial charge < -0.3 is 4.43 Å². The van der Waals surface area contributed by atoms with Crippen LogP contribution in [0.25, 0.3) is 10.8 Å². The first-order chi connectivity index (χ1) is 18.5. The Morgan fingerprint density at radius 2 is 1.60 bits per heavy atom. The van der Waals surface area contributed by atoms with Gasteiger partial charge in [-0.05, 0) is 71.5 Å². The lowest BCUT2D eigenvalue weighted by Gasteiger charge is -2.47. The van der Waals surface area contributed by atoms with Crippen LogP contribution in [0.3, 0.4) is 0 Å². The fraction of sp³-hybridized carbons (Fsp3) is 0.515. The second-order valence-electron chi connectivity index (χ2n) is 14.3. The Labute approximate surface area is 243 Å². The summed E-state index contributed by atoms with van der Waals surface area (Å²) in [6.45, 7) is 18.0. The number of hydrogen-bond acceptors (Lipinski definition) is 3. The van der Waals surface area contributed by atoms with E-state index in [2.05, 4.69) is 78.6 Å². The van der Waals surface area contributed by atoms with E-state index in [1.54, 1.807) is 0 Å². The molecule has 2 saturated carbocycles. The SMILES string of the molecule is CC1(C)[C@@H]2CC[C@@]1(CS(=O)(=O)N=P(C)(c1ccccc1)c1cccc3ccccc13)[C@H](O[Si](C)(C)C(C)(C)C)C2. The highest BCUT2D eigenvalue weighted by molar-refractivity contribution is 7.97. The molecule has 2 aliphatic carbocycles. The van der Waals surface area contributed by atoms with Crippen LogP contribution in [0.4, 0.5) is 0 Å². The van der Waals surface area contributed by atoms with Gasteiger partial charge in [0.1, 0.15) is 0 Å². The van der Waals surface area contributed by atoms with E-state index in [4.69, 9.17) is 8.58 Å². The van der Waals surface area contributed by atoms with Gasteiger partial charge in [-0.1, -0.05) is 107 Å². The number of nitrogens with zero attached hydrogens (tertiary/aromatic N) is 1. The minimum absolute atomic E-state index is 0.0500. The van der Waals surface area contributed by atoms with Gasteiger partial charge in [0.2, 0.25) is 0 Å². The predicted molar refractivity (Wildman–Crippen MR) is 174 cm³/mol. The van der Waals surface area contributed by atoms with Crippen molar-refractivity contribution in [2.24, 2.45) is 20.9 Å². The van der Waals surface area contributed by atoms with E-state index in [0.29, 0.717) is 5.92 Å². The third-order valence-corrected chi connectivity index (χ3v) is 21.1. The summed E-state index contributed by atoms with van der Waals surface area (Å²) in [6, 6.07) is 24.5. The molecule has 1 unspecified atom stereocenters. The minimum atomic E-state index is -3.82. The Kier molecular flexibility index (Phi) is 7.39. The molecule has 2 fully saturated rings. The molecule has 3 aromatic carbocycles. The highest BCUT2D eigenvalue weighted by Gasteiger charge is 2.66. The van der Waals surface area contributed by atoms with Crippen molar-refractivity contribution in [2.75, 3.05) is 12.4 Å². The molecule has 3 aromatic rings. The van der Waals surface area contributed by atoms with Crippen molar-refractivity contribution >= 4 is 46.8 Å². The molecule has 0 radical (unpaired) electrons. The van der Waals surface area contributed by atoms with Crippen molar-refractivity contribution < 1.29 is 12.8 Å². The lowest BCUT2D eigenvalue weighted by molar-refractivity contribution is 0.0237. The molecule has 0 aromatic heterocycles. The zero-order valence-electron chi connectivity index (χ0n) is 25.4. The molecule has 0 N–H and O–H groups in total. The fourth-order valence-corrected chi connectivity index (χ4v) is 14.9.